The lowest BCUT2D eigenvalue weighted by atomic mass is 10.3. The van der Waals surface area contributed by atoms with E-state index in [1.54, 1.807) is 17.5 Å². The third-order valence-corrected chi connectivity index (χ3v) is 2.72. The average molecular weight is 165 g/mol. The van der Waals surface area contributed by atoms with Gasteiger partial charge in [0.2, 0.25) is 0 Å². The van der Waals surface area contributed by atoms with Gasteiger partial charge in [0.25, 0.3) is 0 Å². The van der Waals surface area contributed by atoms with Gasteiger partial charge in [0.15, 0.2) is 0 Å². The Morgan fingerprint density at radius 2 is 2.36 bits per heavy atom. The maximum atomic E-state index is 3.76. The zero-order chi connectivity index (χ0) is 8.27. The largest absolute Gasteiger partial charge is 0.272 e. The Labute approximate surface area is 70.4 Å². The van der Waals surface area contributed by atoms with Crippen LogP contribution in [0.15, 0.2) is 10.4 Å². The molecule has 0 aliphatic rings. The molecule has 0 aliphatic heterocycles. The predicted molar refractivity (Wildman–Crippen MR) is 52.5 cm³/mol. The van der Waals surface area contributed by atoms with Crippen LogP contribution in [-0.4, -0.2) is 6.72 Å². The fraction of sp³-hybridized carbons (Fsp3) is 0.222. The van der Waals surface area contributed by atoms with E-state index in [2.05, 4.69) is 30.1 Å². The summed E-state index contributed by atoms with van der Waals surface area (Å²) in [4.78, 5) is 3.76. The Balaban J connectivity index is 3.54. The van der Waals surface area contributed by atoms with E-state index in [1.807, 2.05) is 6.92 Å². The van der Waals surface area contributed by atoms with E-state index >= 15 is 0 Å². The van der Waals surface area contributed by atoms with Crippen LogP contribution in [0.25, 0.3) is 12.3 Å². The molecule has 1 rings (SSSR count). The summed E-state index contributed by atoms with van der Waals surface area (Å²) in [5.74, 6) is 0. The Kier molecular flexibility index (Phi) is 2.60. The van der Waals surface area contributed by atoms with Gasteiger partial charge in [-0.1, -0.05) is 6.08 Å². The molecule has 1 nitrogen and oxygen atoms in total. The van der Waals surface area contributed by atoms with Gasteiger partial charge < -0.3 is 0 Å². The molecular formula is C9H11NS. The van der Waals surface area contributed by atoms with Crippen LogP contribution in [0.5, 0.6) is 0 Å². The van der Waals surface area contributed by atoms with E-state index < -0.39 is 0 Å². The van der Waals surface area contributed by atoms with Crippen LogP contribution >= 0.6 is 11.3 Å². The summed E-state index contributed by atoms with van der Waals surface area (Å²) in [7, 11) is 0. The molecular weight excluding hydrogens is 154 g/mol. The van der Waals surface area contributed by atoms with E-state index in [0.717, 1.165) is 0 Å². The van der Waals surface area contributed by atoms with Crippen LogP contribution in [0.4, 0.5) is 0 Å². The molecule has 1 heterocycles. The first-order valence-electron chi connectivity index (χ1n) is 3.46. The van der Waals surface area contributed by atoms with Gasteiger partial charge in [0, 0.05) is 16.0 Å². The zero-order valence-electron chi connectivity index (χ0n) is 6.79. The molecule has 0 aliphatic carbocycles. The first-order chi connectivity index (χ1) is 5.29. The minimum absolute atomic E-state index is 1.20. The number of hydrogen-bond donors (Lipinski definition) is 0. The highest BCUT2D eigenvalue weighted by Gasteiger charge is 1.90. The quantitative estimate of drug-likeness (QED) is 0.556. The number of nitrogens with zero attached hydrogens (tertiary/aromatic N) is 1. The van der Waals surface area contributed by atoms with Gasteiger partial charge in [0.05, 0.1) is 0 Å². The SMILES string of the molecule is C=N/C=c1/c(C)cs/c1=C/C. The Bertz CT molecular complexity index is 359. The number of thiophene rings is 1. The van der Waals surface area contributed by atoms with Crippen LogP contribution in [-0.2, 0) is 0 Å². The Morgan fingerprint density at radius 3 is 2.91 bits per heavy atom. The summed E-state index contributed by atoms with van der Waals surface area (Å²) >= 11 is 1.74. The van der Waals surface area contributed by atoms with E-state index in [-0.39, 0.29) is 0 Å². The number of rotatable bonds is 1. The molecule has 0 atom stereocenters. The molecule has 0 radical (unpaired) electrons. The Morgan fingerprint density at radius 1 is 1.64 bits per heavy atom. The van der Waals surface area contributed by atoms with Crippen molar-refractivity contribution in [3.8, 4) is 0 Å². The van der Waals surface area contributed by atoms with Gasteiger partial charge in [-0.3, -0.25) is 4.99 Å². The summed E-state index contributed by atoms with van der Waals surface area (Å²) < 4.78 is 1.27. The van der Waals surface area contributed by atoms with Crippen molar-refractivity contribution in [2.75, 3.05) is 0 Å². The first kappa shape index (κ1) is 8.21. The van der Waals surface area contributed by atoms with Crippen molar-refractivity contribution >= 4 is 30.3 Å². The molecule has 0 bridgehead atoms. The van der Waals surface area contributed by atoms with Gasteiger partial charge in [-0.2, -0.15) is 0 Å². The lowest BCUT2D eigenvalue weighted by molar-refractivity contribution is 1.45. The standard InChI is InChI=1S/C9H11NS/c1-4-9-8(5-10-3)7(2)6-11-9/h4-6H,3H2,1-2H3/b8-5-,9-4+. The van der Waals surface area contributed by atoms with E-state index in [0.29, 0.717) is 0 Å². The van der Waals surface area contributed by atoms with Crippen LogP contribution in [0.3, 0.4) is 0 Å². The molecule has 0 aromatic carbocycles. The normalized spacial score (nSPS) is 14.0. The molecule has 0 fully saturated rings. The maximum absolute atomic E-state index is 3.76. The van der Waals surface area contributed by atoms with Crippen LogP contribution < -0.4 is 9.75 Å². The molecule has 0 spiro atoms. The average Bonchev–Trinajstić information content (AvgIpc) is 2.34. The molecule has 58 valence electrons. The minimum atomic E-state index is 1.20. The second-order valence-corrected chi connectivity index (χ2v) is 3.21. The summed E-state index contributed by atoms with van der Waals surface area (Å²) in [5.41, 5.74) is 1.27. The van der Waals surface area contributed by atoms with Crippen LogP contribution in [0.2, 0.25) is 0 Å². The monoisotopic (exact) mass is 165 g/mol. The molecule has 0 saturated carbocycles. The van der Waals surface area contributed by atoms with Crippen LogP contribution in [0.1, 0.15) is 12.5 Å². The van der Waals surface area contributed by atoms with Crippen molar-refractivity contribution in [3.63, 3.8) is 0 Å². The number of aliphatic imine (C=N–C) groups is 1. The molecule has 1 aromatic rings. The van der Waals surface area contributed by atoms with Crippen molar-refractivity contribution in [1.29, 1.82) is 0 Å². The van der Waals surface area contributed by atoms with Gasteiger partial charge in [-0.25, -0.2) is 0 Å². The van der Waals surface area contributed by atoms with Crippen molar-refractivity contribution < 1.29 is 0 Å². The first-order valence-corrected chi connectivity index (χ1v) is 4.34. The Hall–Kier alpha value is -0.890. The smallest absolute Gasteiger partial charge is 0.0350 e. The number of aryl methyl sites for hydroxylation is 1. The molecule has 0 unspecified atom stereocenters. The van der Waals surface area contributed by atoms with Gasteiger partial charge in [-0.15, -0.1) is 11.3 Å². The van der Waals surface area contributed by atoms with Gasteiger partial charge in [-0.05, 0) is 31.5 Å². The van der Waals surface area contributed by atoms with Crippen molar-refractivity contribution in [1.82, 2.24) is 0 Å². The molecule has 0 N–H and O–H groups in total. The molecule has 1 aromatic heterocycles. The highest BCUT2D eigenvalue weighted by molar-refractivity contribution is 7.07. The molecule has 0 amide bonds. The van der Waals surface area contributed by atoms with Crippen molar-refractivity contribution in [2.24, 2.45) is 4.99 Å². The number of hydrogen-bond acceptors (Lipinski definition) is 2. The molecule has 11 heavy (non-hydrogen) atoms. The summed E-state index contributed by atoms with van der Waals surface area (Å²) in [6, 6.07) is 0. The van der Waals surface area contributed by atoms with Gasteiger partial charge in [0.1, 0.15) is 0 Å². The minimum Gasteiger partial charge on any atom is -0.272 e. The second kappa shape index (κ2) is 3.49. The fourth-order valence-electron chi connectivity index (χ4n) is 0.953. The third kappa shape index (κ3) is 1.57. The van der Waals surface area contributed by atoms with Crippen LogP contribution in [0, 0.1) is 6.92 Å². The predicted octanol–water partition coefficient (Wildman–Crippen LogP) is 1.30. The van der Waals surface area contributed by atoms with E-state index in [9.17, 15) is 0 Å². The second-order valence-electron chi connectivity index (χ2n) is 2.30. The van der Waals surface area contributed by atoms with Gasteiger partial charge >= 0.3 is 0 Å². The van der Waals surface area contributed by atoms with E-state index in [4.69, 9.17) is 0 Å². The highest BCUT2D eigenvalue weighted by Crippen LogP contribution is 1.90. The topological polar surface area (TPSA) is 12.4 Å². The third-order valence-electron chi connectivity index (χ3n) is 1.54. The molecule has 0 saturated heterocycles. The lowest BCUT2D eigenvalue weighted by Crippen LogP contribution is -2.19. The summed E-state index contributed by atoms with van der Waals surface area (Å²) in [6.45, 7) is 7.55. The van der Waals surface area contributed by atoms with E-state index in [1.165, 1.54) is 15.3 Å². The fourth-order valence-corrected chi connectivity index (χ4v) is 1.86. The molecule has 2 heteroatoms. The lowest BCUT2D eigenvalue weighted by Gasteiger charge is -1.79. The summed E-state index contributed by atoms with van der Waals surface area (Å²) in [6.07, 6.45) is 3.90. The summed E-state index contributed by atoms with van der Waals surface area (Å²) in [5, 5.41) is 3.33. The van der Waals surface area contributed by atoms with Crippen molar-refractivity contribution in [2.45, 2.75) is 13.8 Å². The zero-order valence-corrected chi connectivity index (χ0v) is 7.61. The maximum Gasteiger partial charge on any atom is 0.0350 e. The highest BCUT2D eigenvalue weighted by atomic mass is 32.1. The van der Waals surface area contributed by atoms with Crippen molar-refractivity contribution in [3.05, 3.63) is 20.7 Å².